The Labute approximate surface area is 115 Å². The van der Waals surface area contributed by atoms with Crippen LogP contribution < -0.4 is 5.73 Å². The minimum atomic E-state index is -3.14. The first kappa shape index (κ1) is 17.6. The van der Waals surface area contributed by atoms with Crippen molar-refractivity contribution in [2.75, 3.05) is 32.4 Å². The topological polar surface area (TPSA) is 83.7 Å². The van der Waals surface area contributed by atoms with Gasteiger partial charge in [-0.25, -0.2) is 8.42 Å². The number of rotatable bonds is 4. The molecule has 0 aromatic carbocycles. The monoisotopic (exact) mass is 299 g/mol. The molecule has 1 aliphatic heterocycles. The highest BCUT2D eigenvalue weighted by atomic mass is 35.5. The first-order chi connectivity index (χ1) is 7.86. The highest BCUT2D eigenvalue weighted by molar-refractivity contribution is 7.88. The fraction of sp³-hybridized carbons (Fsp3) is 0.900. The second-order valence-electron chi connectivity index (χ2n) is 4.38. The number of halogens is 1. The number of piperazine rings is 1. The molecule has 1 unspecified atom stereocenters. The Balaban J connectivity index is 0.00000289. The molecular weight excluding hydrogens is 278 g/mol. The molecule has 2 N–H and O–H groups in total. The van der Waals surface area contributed by atoms with Crippen molar-refractivity contribution in [2.45, 2.75) is 25.8 Å². The summed E-state index contributed by atoms with van der Waals surface area (Å²) in [4.78, 5) is 13.5. The lowest BCUT2D eigenvalue weighted by atomic mass is 10.1. The number of nitrogens with two attached hydrogens (primary N) is 1. The number of amides is 1. The average Bonchev–Trinajstić information content (AvgIpc) is 2.27. The molecule has 18 heavy (non-hydrogen) atoms. The normalized spacial score (nSPS) is 19.2. The van der Waals surface area contributed by atoms with Gasteiger partial charge >= 0.3 is 0 Å². The van der Waals surface area contributed by atoms with Crippen LogP contribution >= 0.6 is 12.4 Å². The number of hydrogen-bond acceptors (Lipinski definition) is 4. The van der Waals surface area contributed by atoms with E-state index in [1.807, 2.05) is 6.92 Å². The Bertz CT molecular complexity index is 367. The molecule has 0 aliphatic carbocycles. The molecule has 0 aromatic rings. The first-order valence-corrected chi connectivity index (χ1v) is 7.70. The van der Waals surface area contributed by atoms with Crippen molar-refractivity contribution in [3.63, 3.8) is 0 Å². The van der Waals surface area contributed by atoms with Gasteiger partial charge in [0, 0.05) is 26.2 Å². The van der Waals surface area contributed by atoms with E-state index < -0.39 is 16.1 Å². The maximum Gasteiger partial charge on any atom is 0.239 e. The summed E-state index contributed by atoms with van der Waals surface area (Å²) in [6.45, 7) is 3.58. The van der Waals surface area contributed by atoms with E-state index in [9.17, 15) is 13.2 Å². The minimum Gasteiger partial charge on any atom is -0.339 e. The third-order valence-corrected chi connectivity index (χ3v) is 4.24. The first-order valence-electron chi connectivity index (χ1n) is 5.85. The summed E-state index contributed by atoms with van der Waals surface area (Å²) in [5.41, 5.74) is 5.76. The number of hydrogen-bond donors (Lipinski definition) is 1. The lowest BCUT2D eigenvalue weighted by molar-refractivity contribution is -0.133. The molecule has 0 radical (unpaired) electrons. The van der Waals surface area contributed by atoms with Gasteiger partial charge in [0.15, 0.2) is 0 Å². The second-order valence-corrected chi connectivity index (χ2v) is 6.36. The third-order valence-electron chi connectivity index (χ3n) is 2.94. The minimum absolute atomic E-state index is 0. The van der Waals surface area contributed by atoms with Crippen molar-refractivity contribution in [1.82, 2.24) is 9.21 Å². The smallest absolute Gasteiger partial charge is 0.239 e. The molecule has 1 saturated heterocycles. The van der Waals surface area contributed by atoms with Crippen LogP contribution in [0.1, 0.15) is 19.8 Å². The molecule has 1 atom stereocenters. The van der Waals surface area contributed by atoms with Crippen LogP contribution in [0.2, 0.25) is 0 Å². The van der Waals surface area contributed by atoms with Gasteiger partial charge in [-0.3, -0.25) is 4.79 Å². The van der Waals surface area contributed by atoms with Gasteiger partial charge in [0.05, 0.1) is 12.3 Å². The van der Waals surface area contributed by atoms with Crippen molar-refractivity contribution >= 4 is 28.3 Å². The Morgan fingerprint density at radius 3 is 2.17 bits per heavy atom. The molecular formula is C10H22ClN3O3S. The SMILES string of the molecule is CCCC(N)C(=O)N1CCN(S(C)(=O)=O)CC1.Cl. The highest BCUT2D eigenvalue weighted by Gasteiger charge is 2.28. The summed E-state index contributed by atoms with van der Waals surface area (Å²) >= 11 is 0. The lowest BCUT2D eigenvalue weighted by Gasteiger charge is -2.34. The molecule has 1 fully saturated rings. The second kappa shape index (κ2) is 7.28. The van der Waals surface area contributed by atoms with E-state index in [4.69, 9.17) is 5.73 Å². The highest BCUT2D eigenvalue weighted by Crippen LogP contribution is 2.08. The van der Waals surface area contributed by atoms with Crippen LogP contribution in [0.15, 0.2) is 0 Å². The molecule has 108 valence electrons. The maximum atomic E-state index is 11.9. The molecule has 1 aliphatic rings. The fourth-order valence-corrected chi connectivity index (χ4v) is 2.74. The van der Waals surface area contributed by atoms with E-state index in [1.165, 1.54) is 10.6 Å². The van der Waals surface area contributed by atoms with Gasteiger partial charge in [0.25, 0.3) is 0 Å². The van der Waals surface area contributed by atoms with Crippen LogP contribution in [-0.4, -0.2) is 62.0 Å². The standard InChI is InChI=1S/C10H21N3O3S.ClH/c1-3-4-9(11)10(14)12-5-7-13(8-6-12)17(2,15)16;/h9H,3-8,11H2,1-2H3;1H. The van der Waals surface area contributed by atoms with Crippen LogP contribution in [0, 0.1) is 0 Å². The van der Waals surface area contributed by atoms with Gasteiger partial charge in [-0.1, -0.05) is 13.3 Å². The molecule has 0 spiro atoms. The number of nitrogens with zero attached hydrogens (tertiary/aromatic N) is 2. The zero-order chi connectivity index (χ0) is 13.1. The Morgan fingerprint density at radius 1 is 1.28 bits per heavy atom. The third kappa shape index (κ3) is 4.72. The van der Waals surface area contributed by atoms with Crippen LogP contribution in [0.5, 0.6) is 0 Å². The van der Waals surface area contributed by atoms with Gasteiger partial charge < -0.3 is 10.6 Å². The maximum absolute atomic E-state index is 11.9. The van der Waals surface area contributed by atoms with E-state index in [-0.39, 0.29) is 18.3 Å². The van der Waals surface area contributed by atoms with Gasteiger partial charge in [0.1, 0.15) is 0 Å². The molecule has 0 aromatic heterocycles. The Hall–Kier alpha value is -0.370. The summed E-state index contributed by atoms with van der Waals surface area (Å²) in [5, 5.41) is 0. The van der Waals surface area contributed by atoms with E-state index in [1.54, 1.807) is 4.90 Å². The average molecular weight is 300 g/mol. The molecule has 1 heterocycles. The van der Waals surface area contributed by atoms with Crippen molar-refractivity contribution in [3.8, 4) is 0 Å². The fourth-order valence-electron chi connectivity index (χ4n) is 1.91. The largest absolute Gasteiger partial charge is 0.339 e. The van der Waals surface area contributed by atoms with Crippen LogP contribution in [-0.2, 0) is 14.8 Å². The molecule has 6 nitrogen and oxygen atoms in total. The van der Waals surface area contributed by atoms with Crippen LogP contribution in [0.4, 0.5) is 0 Å². The Kier molecular flexibility index (Phi) is 7.13. The Morgan fingerprint density at radius 2 is 1.78 bits per heavy atom. The summed E-state index contributed by atoms with van der Waals surface area (Å²) in [5.74, 6) is -0.0694. The summed E-state index contributed by atoms with van der Waals surface area (Å²) in [6, 6.07) is -0.454. The predicted molar refractivity (Wildman–Crippen MR) is 73.1 cm³/mol. The molecule has 1 amide bonds. The van der Waals surface area contributed by atoms with E-state index in [2.05, 4.69) is 0 Å². The van der Waals surface area contributed by atoms with Crippen molar-refractivity contribution in [3.05, 3.63) is 0 Å². The number of carbonyl (C=O) groups excluding carboxylic acids is 1. The van der Waals surface area contributed by atoms with Gasteiger partial charge in [-0.15, -0.1) is 12.4 Å². The predicted octanol–water partition coefficient (Wildman–Crippen LogP) is -0.361. The van der Waals surface area contributed by atoms with Crippen LogP contribution in [0.25, 0.3) is 0 Å². The lowest BCUT2D eigenvalue weighted by Crippen LogP contribution is -2.54. The van der Waals surface area contributed by atoms with Crippen molar-refractivity contribution in [2.24, 2.45) is 5.73 Å². The van der Waals surface area contributed by atoms with Gasteiger partial charge in [-0.2, -0.15) is 4.31 Å². The summed E-state index contributed by atoms with van der Waals surface area (Å²) in [6.07, 6.45) is 2.73. The molecule has 0 saturated carbocycles. The zero-order valence-corrected chi connectivity index (χ0v) is 12.5. The quantitative estimate of drug-likeness (QED) is 0.768. The van der Waals surface area contributed by atoms with Gasteiger partial charge in [0.2, 0.25) is 15.9 Å². The van der Waals surface area contributed by atoms with E-state index >= 15 is 0 Å². The molecule has 8 heteroatoms. The summed E-state index contributed by atoms with van der Waals surface area (Å²) in [7, 11) is -3.14. The van der Waals surface area contributed by atoms with Crippen LogP contribution in [0.3, 0.4) is 0 Å². The molecule has 1 rings (SSSR count). The summed E-state index contributed by atoms with van der Waals surface area (Å²) < 4.78 is 24.0. The number of carbonyl (C=O) groups is 1. The molecule has 0 bridgehead atoms. The number of sulfonamides is 1. The van der Waals surface area contributed by atoms with Gasteiger partial charge in [-0.05, 0) is 6.42 Å². The zero-order valence-electron chi connectivity index (χ0n) is 10.8. The van der Waals surface area contributed by atoms with E-state index in [0.717, 1.165) is 6.42 Å². The van der Waals surface area contributed by atoms with Crippen molar-refractivity contribution in [1.29, 1.82) is 0 Å². The van der Waals surface area contributed by atoms with E-state index in [0.29, 0.717) is 32.6 Å². The van der Waals surface area contributed by atoms with Crippen molar-refractivity contribution < 1.29 is 13.2 Å².